The van der Waals surface area contributed by atoms with Gasteiger partial charge in [0.25, 0.3) is 0 Å². The van der Waals surface area contributed by atoms with Crippen LogP contribution in [0.1, 0.15) is 26.3 Å². The number of nitrogens with one attached hydrogen (secondary N) is 1. The number of benzene rings is 1. The smallest absolute Gasteiger partial charge is 0.323 e. The van der Waals surface area contributed by atoms with Crippen molar-refractivity contribution in [3.8, 4) is 5.75 Å². The Morgan fingerprint density at radius 3 is 2.37 bits per heavy atom. The van der Waals surface area contributed by atoms with Crippen LogP contribution in [0, 0.1) is 5.92 Å². The number of carbonyl (C=O) groups is 1. The molecule has 1 aromatic rings. The molecule has 0 aliphatic heterocycles. The van der Waals surface area contributed by atoms with E-state index in [2.05, 4.69) is 5.32 Å². The van der Waals surface area contributed by atoms with Gasteiger partial charge in [-0.2, -0.15) is 0 Å². The van der Waals surface area contributed by atoms with Gasteiger partial charge < -0.3 is 14.8 Å². The summed E-state index contributed by atoms with van der Waals surface area (Å²) in [5.41, 5.74) is 1.11. The average Bonchev–Trinajstić information content (AvgIpc) is 2.39. The highest BCUT2D eigenvalue weighted by atomic mass is 16.5. The highest BCUT2D eigenvalue weighted by Crippen LogP contribution is 2.12. The van der Waals surface area contributed by atoms with Gasteiger partial charge in [0, 0.05) is 6.54 Å². The maximum atomic E-state index is 11.8. The van der Waals surface area contributed by atoms with E-state index in [0.717, 1.165) is 11.3 Å². The predicted molar refractivity (Wildman–Crippen MR) is 75.1 cm³/mol. The van der Waals surface area contributed by atoms with Crippen LogP contribution in [0.15, 0.2) is 24.3 Å². The molecule has 0 saturated heterocycles. The molecule has 0 aliphatic carbocycles. The monoisotopic (exact) mass is 265 g/mol. The van der Waals surface area contributed by atoms with E-state index in [0.29, 0.717) is 13.2 Å². The van der Waals surface area contributed by atoms with Crippen molar-refractivity contribution < 1.29 is 14.3 Å². The summed E-state index contributed by atoms with van der Waals surface area (Å²) in [7, 11) is 1.64. The van der Waals surface area contributed by atoms with Crippen LogP contribution in [0.4, 0.5) is 0 Å². The van der Waals surface area contributed by atoms with Crippen molar-refractivity contribution >= 4 is 5.97 Å². The van der Waals surface area contributed by atoms with Crippen LogP contribution in [-0.2, 0) is 16.1 Å². The highest BCUT2D eigenvalue weighted by molar-refractivity contribution is 5.76. The molecule has 0 fully saturated rings. The molecule has 0 aliphatic rings. The van der Waals surface area contributed by atoms with Crippen molar-refractivity contribution in [1.29, 1.82) is 0 Å². The summed E-state index contributed by atoms with van der Waals surface area (Å²) in [4.78, 5) is 11.8. The molecule has 1 unspecified atom stereocenters. The Kier molecular flexibility index (Phi) is 6.36. The van der Waals surface area contributed by atoms with Gasteiger partial charge >= 0.3 is 5.97 Å². The molecule has 1 atom stereocenters. The molecule has 0 amide bonds. The zero-order chi connectivity index (χ0) is 14.3. The Morgan fingerprint density at radius 1 is 1.26 bits per heavy atom. The molecule has 1 aromatic carbocycles. The largest absolute Gasteiger partial charge is 0.497 e. The van der Waals surface area contributed by atoms with Gasteiger partial charge in [-0.3, -0.25) is 4.79 Å². The highest BCUT2D eigenvalue weighted by Gasteiger charge is 2.22. The number of hydrogen-bond acceptors (Lipinski definition) is 4. The van der Waals surface area contributed by atoms with E-state index in [4.69, 9.17) is 9.47 Å². The molecule has 4 heteroatoms. The van der Waals surface area contributed by atoms with Crippen LogP contribution in [0.3, 0.4) is 0 Å². The lowest BCUT2D eigenvalue weighted by atomic mass is 10.0. The predicted octanol–water partition coefficient (Wildman–Crippen LogP) is 2.37. The number of rotatable bonds is 7. The van der Waals surface area contributed by atoms with Gasteiger partial charge in [0.15, 0.2) is 0 Å². The fourth-order valence-corrected chi connectivity index (χ4v) is 1.79. The molecule has 0 bridgehead atoms. The first-order chi connectivity index (χ1) is 9.08. The molecule has 1 N–H and O–H groups in total. The average molecular weight is 265 g/mol. The second-order valence-electron chi connectivity index (χ2n) is 4.70. The van der Waals surface area contributed by atoms with Crippen molar-refractivity contribution in [2.24, 2.45) is 5.92 Å². The minimum absolute atomic E-state index is 0.189. The standard InChI is InChI=1S/C15H23NO3/c1-5-19-15(17)14(11(2)3)16-10-12-6-8-13(18-4)9-7-12/h6-9,11,14,16H,5,10H2,1-4H3. The SMILES string of the molecule is CCOC(=O)C(NCc1ccc(OC)cc1)C(C)C. The maximum Gasteiger partial charge on any atom is 0.323 e. The lowest BCUT2D eigenvalue weighted by Crippen LogP contribution is -2.41. The van der Waals surface area contributed by atoms with Gasteiger partial charge in [0.05, 0.1) is 13.7 Å². The van der Waals surface area contributed by atoms with Crippen molar-refractivity contribution in [3.05, 3.63) is 29.8 Å². The number of hydrogen-bond donors (Lipinski definition) is 1. The zero-order valence-electron chi connectivity index (χ0n) is 12.1. The second-order valence-corrected chi connectivity index (χ2v) is 4.70. The molecular weight excluding hydrogens is 242 g/mol. The second kappa shape index (κ2) is 7.79. The van der Waals surface area contributed by atoms with E-state index in [9.17, 15) is 4.79 Å². The first-order valence-electron chi connectivity index (χ1n) is 6.61. The van der Waals surface area contributed by atoms with E-state index >= 15 is 0 Å². The molecule has 0 heterocycles. The topological polar surface area (TPSA) is 47.6 Å². The van der Waals surface area contributed by atoms with Gasteiger partial charge in [-0.1, -0.05) is 26.0 Å². The van der Waals surface area contributed by atoms with Crippen LogP contribution >= 0.6 is 0 Å². The minimum Gasteiger partial charge on any atom is -0.497 e. The number of carbonyl (C=O) groups excluding carboxylic acids is 1. The van der Waals surface area contributed by atoms with Crippen molar-refractivity contribution in [3.63, 3.8) is 0 Å². The molecule has 19 heavy (non-hydrogen) atoms. The maximum absolute atomic E-state index is 11.8. The first kappa shape index (κ1) is 15.5. The van der Waals surface area contributed by atoms with Crippen LogP contribution in [0.5, 0.6) is 5.75 Å². The van der Waals surface area contributed by atoms with Crippen LogP contribution < -0.4 is 10.1 Å². The molecule has 0 spiro atoms. The molecule has 0 aromatic heterocycles. The van der Waals surface area contributed by atoms with E-state index in [1.54, 1.807) is 7.11 Å². The molecule has 0 saturated carbocycles. The van der Waals surface area contributed by atoms with E-state index in [-0.39, 0.29) is 17.9 Å². The molecular formula is C15H23NO3. The van der Waals surface area contributed by atoms with Crippen molar-refractivity contribution in [1.82, 2.24) is 5.32 Å². The summed E-state index contributed by atoms with van der Waals surface area (Å²) in [6, 6.07) is 7.50. The Labute approximate surface area is 115 Å². The summed E-state index contributed by atoms with van der Waals surface area (Å²) in [6.45, 7) is 6.86. The van der Waals surface area contributed by atoms with E-state index in [1.165, 1.54) is 0 Å². The molecule has 106 valence electrons. The van der Waals surface area contributed by atoms with Crippen molar-refractivity contribution in [2.75, 3.05) is 13.7 Å². The number of methoxy groups -OCH3 is 1. The lowest BCUT2D eigenvalue weighted by Gasteiger charge is -2.20. The van der Waals surface area contributed by atoms with E-state index < -0.39 is 0 Å². The summed E-state index contributed by atoms with van der Waals surface area (Å²) >= 11 is 0. The Bertz CT molecular complexity index is 387. The molecule has 1 rings (SSSR count). The number of ether oxygens (including phenoxy) is 2. The van der Waals surface area contributed by atoms with Gasteiger partial charge in [0.2, 0.25) is 0 Å². The first-order valence-corrected chi connectivity index (χ1v) is 6.61. The van der Waals surface area contributed by atoms with Crippen LogP contribution in [0.25, 0.3) is 0 Å². The van der Waals surface area contributed by atoms with Crippen LogP contribution in [0.2, 0.25) is 0 Å². The Balaban J connectivity index is 2.57. The quantitative estimate of drug-likeness (QED) is 0.769. The zero-order valence-corrected chi connectivity index (χ0v) is 12.1. The summed E-state index contributed by atoms with van der Waals surface area (Å²) in [6.07, 6.45) is 0. The number of esters is 1. The van der Waals surface area contributed by atoms with Gasteiger partial charge in [0.1, 0.15) is 11.8 Å². The van der Waals surface area contributed by atoms with Gasteiger partial charge in [-0.15, -0.1) is 0 Å². The Hall–Kier alpha value is -1.55. The Morgan fingerprint density at radius 2 is 1.89 bits per heavy atom. The summed E-state index contributed by atoms with van der Waals surface area (Å²) in [5, 5.41) is 3.24. The third kappa shape index (κ3) is 4.91. The van der Waals surface area contributed by atoms with Gasteiger partial charge in [-0.25, -0.2) is 0 Å². The van der Waals surface area contributed by atoms with E-state index in [1.807, 2.05) is 45.0 Å². The summed E-state index contributed by atoms with van der Waals surface area (Å²) in [5.74, 6) is 0.831. The fourth-order valence-electron chi connectivity index (χ4n) is 1.79. The van der Waals surface area contributed by atoms with Crippen LogP contribution in [-0.4, -0.2) is 25.7 Å². The van der Waals surface area contributed by atoms with Crippen molar-refractivity contribution in [2.45, 2.75) is 33.4 Å². The lowest BCUT2D eigenvalue weighted by molar-refractivity contribution is -0.146. The third-order valence-electron chi connectivity index (χ3n) is 2.89. The third-order valence-corrected chi connectivity index (χ3v) is 2.89. The molecule has 0 radical (unpaired) electrons. The molecule has 4 nitrogen and oxygen atoms in total. The normalized spacial score (nSPS) is 12.3. The van der Waals surface area contributed by atoms with Gasteiger partial charge in [-0.05, 0) is 30.5 Å². The summed E-state index contributed by atoms with van der Waals surface area (Å²) < 4.78 is 10.2. The fraction of sp³-hybridized carbons (Fsp3) is 0.533. The minimum atomic E-state index is -0.276.